The Morgan fingerprint density at radius 2 is 2.21 bits per heavy atom. The highest BCUT2D eigenvalue weighted by Gasteiger charge is 2.62. The first-order valence-electron chi connectivity index (χ1n) is 8.22. The SMILES string of the molecule is NC(CONC(=O)[C@@H]1CC(F)(F)[C@@H]2CN1C(=O)N2OS(=O)(=O)O)c1ccccn1. The van der Waals surface area contributed by atoms with E-state index >= 15 is 0 Å². The molecule has 12 nitrogen and oxygen atoms in total. The van der Waals surface area contributed by atoms with Crippen molar-refractivity contribution in [3.63, 3.8) is 0 Å². The molecule has 4 N–H and O–H groups in total. The van der Waals surface area contributed by atoms with Crippen LogP contribution < -0.4 is 11.2 Å². The number of halogens is 2. The van der Waals surface area contributed by atoms with Gasteiger partial charge in [0.15, 0.2) is 0 Å². The molecule has 1 aromatic heterocycles. The second-order valence-electron chi connectivity index (χ2n) is 6.40. The third-order valence-corrected chi connectivity index (χ3v) is 4.75. The largest absolute Gasteiger partial charge is 0.418 e. The van der Waals surface area contributed by atoms with Gasteiger partial charge in [-0.15, -0.1) is 4.28 Å². The van der Waals surface area contributed by atoms with Crippen molar-refractivity contribution in [3.8, 4) is 0 Å². The van der Waals surface area contributed by atoms with Crippen molar-refractivity contribution < 1.29 is 40.5 Å². The van der Waals surface area contributed by atoms with Gasteiger partial charge in [0.2, 0.25) is 0 Å². The number of alkyl halides is 2. The maximum Gasteiger partial charge on any atom is 0.418 e. The van der Waals surface area contributed by atoms with Crippen LogP contribution in [0.5, 0.6) is 0 Å². The molecule has 2 fully saturated rings. The molecule has 1 aromatic rings. The van der Waals surface area contributed by atoms with Crippen LogP contribution in [-0.2, 0) is 24.3 Å². The van der Waals surface area contributed by atoms with E-state index in [1.807, 2.05) is 5.48 Å². The van der Waals surface area contributed by atoms with E-state index in [-0.39, 0.29) is 11.7 Å². The van der Waals surface area contributed by atoms with Crippen molar-refractivity contribution in [1.82, 2.24) is 20.4 Å². The Hall–Kier alpha value is -2.46. The number of hydrogen-bond acceptors (Lipinski definition) is 8. The number of pyridine rings is 1. The van der Waals surface area contributed by atoms with Gasteiger partial charge in [0, 0.05) is 12.6 Å². The van der Waals surface area contributed by atoms with Crippen LogP contribution in [0.1, 0.15) is 18.2 Å². The molecule has 2 saturated heterocycles. The average molecular weight is 437 g/mol. The highest BCUT2D eigenvalue weighted by atomic mass is 32.3. The number of nitrogens with two attached hydrogens (primary N) is 1. The van der Waals surface area contributed by atoms with E-state index in [4.69, 9.17) is 15.1 Å². The molecular weight excluding hydrogens is 420 g/mol. The molecule has 15 heteroatoms. The molecule has 2 aliphatic rings. The van der Waals surface area contributed by atoms with Crippen molar-refractivity contribution >= 4 is 22.3 Å². The third kappa shape index (κ3) is 4.59. The number of fused-ring (bicyclic) bond motifs is 2. The minimum atomic E-state index is -5.22. The Labute approximate surface area is 163 Å². The second-order valence-corrected chi connectivity index (χ2v) is 7.40. The van der Waals surface area contributed by atoms with Gasteiger partial charge in [-0.1, -0.05) is 6.07 Å². The summed E-state index contributed by atoms with van der Waals surface area (Å²) < 4.78 is 63.0. The molecule has 3 heterocycles. The number of piperidine rings is 1. The van der Waals surface area contributed by atoms with Gasteiger partial charge in [-0.2, -0.15) is 13.5 Å². The van der Waals surface area contributed by atoms with Crippen LogP contribution in [0.2, 0.25) is 0 Å². The molecule has 3 rings (SSSR count). The molecule has 29 heavy (non-hydrogen) atoms. The van der Waals surface area contributed by atoms with Crippen LogP contribution >= 0.6 is 0 Å². The zero-order valence-electron chi connectivity index (χ0n) is 14.6. The maximum atomic E-state index is 14.4. The van der Waals surface area contributed by atoms with E-state index in [0.717, 1.165) is 0 Å². The van der Waals surface area contributed by atoms with Crippen LogP contribution in [0.25, 0.3) is 0 Å². The Morgan fingerprint density at radius 3 is 2.83 bits per heavy atom. The topological polar surface area (TPSA) is 164 Å². The lowest BCUT2D eigenvalue weighted by Gasteiger charge is -2.34. The lowest BCUT2D eigenvalue weighted by molar-refractivity contribution is -0.159. The summed E-state index contributed by atoms with van der Waals surface area (Å²) in [6, 6.07) is -0.659. The van der Waals surface area contributed by atoms with Gasteiger partial charge >= 0.3 is 16.4 Å². The number of carbonyl (C=O) groups excluding carboxylic acids is 2. The molecule has 0 aliphatic carbocycles. The number of urea groups is 1. The minimum absolute atomic E-state index is 0.152. The van der Waals surface area contributed by atoms with Crippen molar-refractivity contribution in [2.24, 2.45) is 5.73 Å². The van der Waals surface area contributed by atoms with E-state index in [0.29, 0.717) is 10.6 Å². The molecule has 2 aliphatic heterocycles. The molecule has 1 unspecified atom stereocenters. The average Bonchev–Trinajstić information content (AvgIpc) is 2.92. The first kappa shape index (κ1) is 21.3. The molecule has 0 saturated carbocycles. The van der Waals surface area contributed by atoms with Crippen molar-refractivity contribution in [1.29, 1.82) is 0 Å². The zero-order chi connectivity index (χ0) is 21.4. The summed E-state index contributed by atoms with van der Waals surface area (Å²) in [5, 5.41) is -0.152. The van der Waals surface area contributed by atoms with Gasteiger partial charge < -0.3 is 10.6 Å². The third-order valence-electron chi connectivity index (χ3n) is 4.40. The molecule has 2 bridgehead atoms. The van der Waals surface area contributed by atoms with Crippen LogP contribution in [0.4, 0.5) is 13.6 Å². The smallest absolute Gasteiger partial charge is 0.321 e. The number of amides is 3. The van der Waals surface area contributed by atoms with Crippen molar-refractivity contribution in [2.75, 3.05) is 13.2 Å². The molecule has 3 atom stereocenters. The highest BCUT2D eigenvalue weighted by Crippen LogP contribution is 2.41. The molecule has 0 radical (unpaired) electrons. The Morgan fingerprint density at radius 1 is 1.48 bits per heavy atom. The van der Waals surface area contributed by atoms with Crippen LogP contribution in [0.3, 0.4) is 0 Å². The summed E-state index contributed by atoms with van der Waals surface area (Å²) in [5.41, 5.74) is 8.26. The molecule has 3 amide bonds. The number of hydroxylamine groups is 3. The number of nitrogens with one attached hydrogen (secondary N) is 1. The maximum absolute atomic E-state index is 14.4. The van der Waals surface area contributed by atoms with E-state index in [2.05, 4.69) is 9.27 Å². The normalized spacial score (nSPS) is 24.5. The molecule has 0 aromatic carbocycles. The Balaban J connectivity index is 1.63. The number of hydrogen-bond donors (Lipinski definition) is 3. The zero-order valence-corrected chi connectivity index (χ0v) is 15.5. The first-order chi connectivity index (χ1) is 13.5. The standard InChI is InChI=1S/C14H17F2N5O7S/c15-14(16)5-10(20-6-11(14)21(13(20)23)28-29(24,25)26)12(22)19-27-7-8(17)9-3-1-2-4-18-9/h1-4,8,10-11H,5-7,17H2,(H,19,22)(H,24,25,26)/t8?,10-,11-/m0/s1. The van der Waals surface area contributed by atoms with Gasteiger partial charge in [-0.05, 0) is 12.1 Å². The van der Waals surface area contributed by atoms with E-state index in [1.165, 1.54) is 6.20 Å². The van der Waals surface area contributed by atoms with Gasteiger partial charge in [-0.25, -0.2) is 19.1 Å². The Bertz CT molecular complexity index is 888. The highest BCUT2D eigenvalue weighted by molar-refractivity contribution is 7.80. The molecular formula is C14H17F2N5O7S. The predicted molar refractivity (Wildman–Crippen MR) is 89.0 cm³/mol. The number of rotatable bonds is 7. The fraction of sp³-hybridized carbons (Fsp3) is 0.500. The molecule has 160 valence electrons. The predicted octanol–water partition coefficient (Wildman–Crippen LogP) is -0.623. The fourth-order valence-electron chi connectivity index (χ4n) is 3.04. The summed E-state index contributed by atoms with van der Waals surface area (Å²) in [7, 11) is -5.22. The van der Waals surface area contributed by atoms with E-state index in [9.17, 15) is 26.8 Å². The lowest BCUT2D eigenvalue weighted by Crippen LogP contribution is -2.56. The minimum Gasteiger partial charge on any atom is -0.321 e. The monoisotopic (exact) mass is 437 g/mol. The van der Waals surface area contributed by atoms with Gasteiger partial charge in [0.1, 0.15) is 12.1 Å². The van der Waals surface area contributed by atoms with E-state index in [1.54, 1.807) is 18.2 Å². The summed E-state index contributed by atoms with van der Waals surface area (Å²) in [5.74, 6) is -4.72. The van der Waals surface area contributed by atoms with Gasteiger partial charge in [0.25, 0.3) is 11.8 Å². The van der Waals surface area contributed by atoms with Crippen molar-refractivity contribution in [2.45, 2.75) is 30.5 Å². The van der Waals surface area contributed by atoms with Crippen LogP contribution in [0.15, 0.2) is 24.4 Å². The van der Waals surface area contributed by atoms with Crippen LogP contribution in [-0.4, -0.2) is 71.0 Å². The molecule has 0 spiro atoms. The second kappa shape index (κ2) is 7.75. The van der Waals surface area contributed by atoms with Crippen LogP contribution in [0, 0.1) is 0 Å². The number of carbonyl (C=O) groups is 2. The van der Waals surface area contributed by atoms with Gasteiger partial charge in [-0.3, -0.25) is 19.2 Å². The van der Waals surface area contributed by atoms with E-state index < -0.39 is 59.4 Å². The first-order valence-corrected chi connectivity index (χ1v) is 9.59. The summed E-state index contributed by atoms with van der Waals surface area (Å²) in [6.45, 7) is -0.909. The number of nitrogens with zero attached hydrogens (tertiary/aromatic N) is 3. The van der Waals surface area contributed by atoms with Gasteiger partial charge in [0.05, 0.1) is 24.9 Å². The number of aromatic nitrogens is 1. The summed E-state index contributed by atoms with van der Waals surface area (Å²) in [6.07, 6.45) is 0.407. The summed E-state index contributed by atoms with van der Waals surface area (Å²) >= 11 is 0. The summed E-state index contributed by atoms with van der Waals surface area (Å²) in [4.78, 5) is 34.1. The lowest BCUT2D eigenvalue weighted by atomic mass is 9.96. The quantitative estimate of drug-likeness (QED) is 0.372. The van der Waals surface area contributed by atoms with Crippen molar-refractivity contribution in [3.05, 3.63) is 30.1 Å². The Kier molecular flexibility index (Phi) is 5.68. The fourth-order valence-corrected chi connectivity index (χ4v) is 3.41.